The lowest BCUT2D eigenvalue weighted by Crippen LogP contribution is -2.55. The zero-order chi connectivity index (χ0) is 10.1. The molecular formula is C10H19N3S. The fraction of sp³-hybridized carbons (Fsp3) is 0.900. The molecule has 2 atom stereocenters. The summed E-state index contributed by atoms with van der Waals surface area (Å²) < 4.78 is 0. The lowest BCUT2D eigenvalue weighted by molar-refractivity contribution is 0.0956. The number of nitrogens with two attached hydrogens (primary N) is 1. The molecule has 2 unspecified atom stereocenters. The average Bonchev–Trinajstić information content (AvgIpc) is 2.62. The number of thiocarbonyl (C=S) groups is 1. The standard InChI is InChI=1S/C10H19N3S/c1-8(10(11)14)13-6-5-12-4-2-3-9(12)7-13/h8-9H,2-7H2,1H3,(H2,11,14). The fourth-order valence-corrected chi connectivity index (χ4v) is 2.70. The summed E-state index contributed by atoms with van der Waals surface area (Å²) >= 11 is 5.04. The first-order valence-electron chi connectivity index (χ1n) is 5.46. The summed E-state index contributed by atoms with van der Waals surface area (Å²) in [5, 5.41) is 0. The van der Waals surface area contributed by atoms with Crippen molar-refractivity contribution in [1.29, 1.82) is 0 Å². The molecule has 2 aliphatic heterocycles. The van der Waals surface area contributed by atoms with Crippen LogP contribution in [-0.4, -0.2) is 53.1 Å². The van der Waals surface area contributed by atoms with Gasteiger partial charge >= 0.3 is 0 Å². The van der Waals surface area contributed by atoms with Crippen LogP contribution in [0.2, 0.25) is 0 Å². The van der Waals surface area contributed by atoms with E-state index in [1.165, 1.54) is 25.9 Å². The van der Waals surface area contributed by atoms with E-state index in [2.05, 4.69) is 16.7 Å². The van der Waals surface area contributed by atoms with Crippen molar-refractivity contribution < 1.29 is 0 Å². The van der Waals surface area contributed by atoms with Crippen LogP contribution in [-0.2, 0) is 0 Å². The van der Waals surface area contributed by atoms with Gasteiger partial charge in [0.05, 0.1) is 11.0 Å². The van der Waals surface area contributed by atoms with Gasteiger partial charge in [-0.25, -0.2) is 0 Å². The Morgan fingerprint density at radius 2 is 2.21 bits per heavy atom. The molecule has 0 aromatic carbocycles. The van der Waals surface area contributed by atoms with Crippen LogP contribution in [0.25, 0.3) is 0 Å². The zero-order valence-corrected chi connectivity index (χ0v) is 9.59. The van der Waals surface area contributed by atoms with Crippen molar-refractivity contribution in [2.75, 3.05) is 26.2 Å². The van der Waals surface area contributed by atoms with Gasteiger partial charge in [0.2, 0.25) is 0 Å². The number of hydrogen-bond acceptors (Lipinski definition) is 3. The molecule has 80 valence electrons. The van der Waals surface area contributed by atoms with Crippen molar-refractivity contribution in [3.63, 3.8) is 0 Å². The van der Waals surface area contributed by atoms with Crippen molar-refractivity contribution in [3.05, 3.63) is 0 Å². The second-order valence-electron chi connectivity index (χ2n) is 4.41. The normalized spacial score (nSPS) is 31.4. The first-order chi connectivity index (χ1) is 6.68. The van der Waals surface area contributed by atoms with Crippen LogP contribution in [0.5, 0.6) is 0 Å². The SMILES string of the molecule is CC(C(N)=S)N1CCN2CCCC2C1. The molecule has 2 heterocycles. The Kier molecular flexibility index (Phi) is 3.04. The monoisotopic (exact) mass is 213 g/mol. The van der Waals surface area contributed by atoms with Crippen LogP contribution >= 0.6 is 12.2 Å². The van der Waals surface area contributed by atoms with Crippen molar-refractivity contribution in [3.8, 4) is 0 Å². The first-order valence-corrected chi connectivity index (χ1v) is 5.86. The molecule has 0 spiro atoms. The van der Waals surface area contributed by atoms with Gasteiger partial charge in [-0.3, -0.25) is 9.80 Å². The fourth-order valence-electron chi connectivity index (χ4n) is 2.55. The summed E-state index contributed by atoms with van der Waals surface area (Å²) in [6, 6.07) is 1.04. The summed E-state index contributed by atoms with van der Waals surface area (Å²) in [6.07, 6.45) is 2.71. The molecule has 0 aliphatic carbocycles. The van der Waals surface area contributed by atoms with E-state index in [0.29, 0.717) is 4.99 Å². The topological polar surface area (TPSA) is 32.5 Å². The molecule has 0 aromatic heterocycles. The van der Waals surface area contributed by atoms with Gasteiger partial charge in [0, 0.05) is 25.7 Å². The molecule has 2 fully saturated rings. The Bertz CT molecular complexity index is 231. The minimum absolute atomic E-state index is 0.271. The van der Waals surface area contributed by atoms with Gasteiger partial charge in [-0.1, -0.05) is 12.2 Å². The van der Waals surface area contributed by atoms with Gasteiger partial charge in [-0.05, 0) is 26.3 Å². The molecule has 4 heteroatoms. The maximum Gasteiger partial charge on any atom is 0.0899 e. The number of rotatable bonds is 2. The molecule has 0 radical (unpaired) electrons. The summed E-state index contributed by atoms with van der Waals surface area (Å²) in [6.45, 7) is 6.87. The van der Waals surface area contributed by atoms with Gasteiger partial charge in [0.1, 0.15) is 0 Å². The highest BCUT2D eigenvalue weighted by atomic mass is 32.1. The molecule has 0 bridgehead atoms. The second kappa shape index (κ2) is 4.13. The van der Waals surface area contributed by atoms with Crippen molar-refractivity contribution in [1.82, 2.24) is 9.80 Å². The van der Waals surface area contributed by atoms with E-state index in [1.54, 1.807) is 0 Å². The minimum Gasteiger partial charge on any atom is -0.392 e. The van der Waals surface area contributed by atoms with E-state index >= 15 is 0 Å². The molecule has 0 aromatic rings. The number of fused-ring (bicyclic) bond motifs is 1. The molecule has 14 heavy (non-hydrogen) atoms. The van der Waals surface area contributed by atoms with Crippen LogP contribution in [0, 0.1) is 0 Å². The van der Waals surface area contributed by atoms with Crippen LogP contribution in [0.4, 0.5) is 0 Å². The molecule has 2 N–H and O–H groups in total. The highest BCUT2D eigenvalue weighted by Crippen LogP contribution is 2.22. The van der Waals surface area contributed by atoms with Crippen LogP contribution < -0.4 is 5.73 Å². The van der Waals surface area contributed by atoms with Gasteiger partial charge in [-0.2, -0.15) is 0 Å². The maximum absolute atomic E-state index is 5.68. The maximum atomic E-state index is 5.68. The van der Waals surface area contributed by atoms with E-state index in [0.717, 1.165) is 19.1 Å². The predicted octanol–water partition coefficient (Wildman–Crippen LogP) is 0.441. The molecule has 2 saturated heterocycles. The molecule has 2 rings (SSSR count). The van der Waals surface area contributed by atoms with Gasteiger partial charge in [-0.15, -0.1) is 0 Å². The Morgan fingerprint density at radius 1 is 1.43 bits per heavy atom. The second-order valence-corrected chi connectivity index (χ2v) is 4.88. The highest BCUT2D eigenvalue weighted by molar-refractivity contribution is 7.80. The molecular weight excluding hydrogens is 194 g/mol. The van der Waals surface area contributed by atoms with Crippen LogP contribution in [0.3, 0.4) is 0 Å². The Labute approximate surface area is 91.2 Å². The van der Waals surface area contributed by atoms with Gasteiger partial charge < -0.3 is 5.73 Å². The number of piperazine rings is 1. The van der Waals surface area contributed by atoms with Crippen molar-refractivity contribution in [2.45, 2.75) is 31.8 Å². The highest BCUT2D eigenvalue weighted by Gasteiger charge is 2.32. The average molecular weight is 213 g/mol. The van der Waals surface area contributed by atoms with Gasteiger partial charge in [0.15, 0.2) is 0 Å². The summed E-state index contributed by atoms with van der Waals surface area (Å²) in [5.41, 5.74) is 5.68. The third-order valence-electron chi connectivity index (χ3n) is 3.58. The van der Waals surface area contributed by atoms with Crippen LogP contribution in [0.1, 0.15) is 19.8 Å². The van der Waals surface area contributed by atoms with E-state index in [4.69, 9.17) is 18.0 Å². The summed E-state index contributed by atoms with van der Waals surface area (Å²) in [4.78, 5) is 5.66. The van der Waals surface area contributed by atoms with E-state index < -0.39 is 0 Å². The number of hydrogen-bond donors (Lipinski definition) is 1. The molecule has 0 saturated carbocycles. The largest absolute Gasteiger partial charge is 0.392 e. The predicted molar refractivity (Wildman–Crippen MR) is 62.4 cm³/mol. The Balaban J connectivity index is 1.94. The first kappa shape index (κ1) is 10.3. The zero-order valence-electron chi connectivity index (χ0n) is 8.78. The minimum atomic E-state index is 0.271. The van der Waals surface area contributed by atoms with Crippen molar-refractivity contribution >= 4 is 17.2 Å². The lowest BCUT2D eigenvalue weighted by Gasteiger charge is -2.40. The third kappa shape index (κ3) is 1.92. The van der Waals surface area contributed by atoms with Crippen molar-refractivity contribution in [2.24, 2.45) is 5.73 Å². The molecule has 3 nitrogen and oxygen atoms in total. The molecule has 2 aliphatic rings. The van der Waals surface area contributed by atoms with Crippen LogP contribution in [0.15, 0.2) is 0 Å². The Hall–Kier alpha value is -0.190. The van der Waals surface area contributed by atoms with E-state index in [-0.39, 0.29) is 6.04 Å². The third-order valence-corrected chi connectivity index (χ3v) is 3.92. The van der Waals surface area contributed by atoms with E-state index in [1.807, 2.05) is 0 Å². The smallest absolute Gasteiger partial charge is 0.0899 e. The Morgan fingerprint density at radius 3 is 2.93 bits per heavy atom. The number of nitrogens with zero attached hydrogens (tertiary/aromatic N) is 2. The lowest BCUT2D eigenvalue weighted by atomic mass is 10.1. The van der Waals surface area contributed by atoms with E-state index in [9.17, 15) is 0 Å². The molecule has 0 amide bonds. The van der Waals surface area contributed by atoms with Gasteiger partial charge in [0.25, 0.3) is 0 Å². The summed E-state index contributed by atoms with van der Waals surface area (Å²) in [5.74, 6) is 0. The quantitative estimate of drug-likeness (QED) is 0.675. The summed E-state index contributed by atoms with van der Waals surface area (Å²) in [7, 11) is 0.